The van der Waals surface area contributed by atoms with Gasteiger partial charge in [-0.25, -0.2) is 0 Å². The first-order valence-electron chi connectivity index (χ1n) is 3.34. The van der Waals surface area contributed by atoms with Crippen molar-refractivity contribution in [2.24, 2.45) is 0 Å². The number of amides is 1. The fraction of sp³-hybridized carbons (Fsp3) is 0.375. The van der Waals surface area contributed by atoms with Crippen LogP contribution in [0.15, 0.2) is 24.3 Å². The predicted molar refractivity (Wildman–Crippen MR) is 47.4 cm³/mol. The van der Waals surface area contributed by atoms with E-state index in [2.05, 4.69) is 6.58 Å². The minimum atomic E-state index is 0.0275. The van der Waals surface area contributed by atoms with E-state index >= 15 is 0 Å². The van der Waals surface area contributed by atoms with Gasteiger partial charge in [0.1, 0.15) is 0 Å². The van der Waals surface area contributed by atoms with E-state index in [1.54, 1.807) is 17.1 Å². The molecule has 0 aliphatic carbocycles. The van der Waals surface area contributed by atoms with E-state index in [0.717, 1.165) is 0 Å². The normalized spacial score (nSPS) is 10.0. The molecule has 62 valence electrons. The molecule has 2 nitrogen and oxygen atoms in total. The van der Waals surface area contributed by atoms with Crippen molar-refractivity contribution in [3.8, 4) is 0 Å². The lowest BCUT2D eigenvalue weighted by atomic mass is 10.4. The lowest BCUT2D eigenvalue weighted by molar-refractivity contribution is -0.127. The Morgan fingerprint density at radius 2 is 2.27 bits per heavy atom. The quantitative estimate of drug-likeness (QED) is 0.594. The maximum atomic E-state index is 10.8. The molecular formula is C8H12ClNO. The summed E-state index contributed by atoms with van der Waals surface area (Å²) in [6.45, 7) is 6.17. The average molecular weight is 174 g/mol. The third-order valence-corrected chi connectivity index (χ3v) is 1.39. The molecule has 0 unspecified atom stereocenters. The summed E-state index contributed by atoms with van der Waals surface area (Å²) in [5, 5.41) is 0. The third-order valence-electron chi connectivity index (χ3n) is 1.21. The third kappa shape index (κ3) is 4.62. The molecule has 0 aromatic rings. The van der Waals surface area contributed by atoms with Crippen LogP contribution in [0.5, 0.6) is 0 Å². The number of hydrogen-bond acceptors (Lipinski definition) is 1. The molecule has 1 amide bonds. The molecule has 0 saturated heterocycles. The van der Waals surface area contributed by atoms with Crippen LogP contribution < -0.4 is 0 Å². The molecule has 11 heavy (non-hydrogen) atoms. The Hall–Kier alpha value is -0.760. The van der Waals surface area contributed by atoms with Crippen molar-refractivity contribution >= 4 is 17.5 Å². The van der Waals surface area contributed by atoms with Crippen molar-refractivity contribution in [2.45, 2.75) is 6.92 Å². The van der Waals surface area contributed by atoms with Crippen LogP contribution in [0.1, 0.15) is 6.92 Å². The first-order valence-corrected chi connectivity index (χ1v) is 3.77. The molecule has 0 radical (unpaired) electrons. The summed E-state index contributed by atoms with van der Waals surface area (Å²) in [6.07, 6.45) is 3.40. The SMILES string of the molecule is C=CCN(CC=CCl)C(C)=O. The van der Waals surface area contributed by atoms with Gasteiger partial charge < -0.3 is 4.90 Å². The van der Waals surface area contributed by atoms with Gasteiger partial charge in [0.25, 0.3) is 0 Å². The second-order valence-electron chi connectivity index (χ2n) is 2.07. The number of nitrogens with zero attached hydrogens (tertiary/aromatic N) is 1. The number of carbonyl (C=O) groups is 1. The maximum Gasteiger partial charge on any atom is 0.220 e. The zero-order valence-electron chi connectivity index (χ0n) is 6.59. The van der Waals surface area contributed by atoms with E-state index in [1.165, 1.54) is 12.5 Å². The first-order chi connectivity index (χ1) is 5.22. The smallest absolute Gasteiger partial charge is 0.220 e. The van der Waals surface area contributed by atoms with Gasteiger partial charge in [0.15, 0.2) is 0 Å². The summed E-state index contributed by atoms with van der Waals surface area (Å²) < 4.78 is 0. The van der Waals surface area contributed by atoms with Crippen molar-refractivity contribution in [1.29, 1.82) is 0 Å². The van der Waals surface area contributed by atoms with Crippen LogP contribution in [0.25, 0.3) is 0 Å². The van der Waals surface area contributed by atoms with Gasteiger partial charge in [0, 0.05) is 25.5 Å². The lowest BCUT2D eigenvalue weighted by Gasteiger charge is -2.16. The van der Waals surface area contributed by atoms with Crippen LogP contribution in [-0.2, 0) is 4.79 Å². The Kier molecular flexibility index (Phi) is 5.57. The second kappa shape index (κ2) is 5.98. The summed E-state index contributed by atoms with van der Waals surface area (Å²) in [4.78, 5) is 12.5. The molecule has 0 fully saturated rings. The van der Waals surface area contributed by atoms with Crippen LogP contribution in [0, 0.1) is 0 Å². The number of carbonyl (C=O) groups excluding carboxylic acids is 1. The monoisotopic (exact) mass is 173 g/mol. The fourth-order valence-corrected chi connectivity index (χ4v) is 0.734. The Bertz CT molecular complexity index is 165. The Balaban J connectivity index is 3.88. The Morgan fingerprint density at radius 1 is 1.64 bits per heavy atom. The highest BCUT2D eigenvalue weighted by atomic mass is 35.5. The molecule has 0 atom stereocenters. The van der Waals surface area contributed by atoms with Crippen molar-refractivity contribution in [2.75, 3.05) is 13.1 Å². The Morgan fingerprint density at radius 3 is 2.64 bits per heavy atom. The summed E-state index contributed by atoms with van der Waals surface area (Å²) in [5.74, 6) is 0.0275. The molecule has 0 aromatic carbocycles. The lowest BCUT2D eigenvalue weighted by Crippen LogP contribution is -2.28. The molecule has 0 heterocycles. The highest BCUT2D eigenvalue weighted by Crippen LogP contribution is 1.91. The second-order valence-corrected chi connectivity index (χ2v) is 2.33. The number of halogens is 1. The van der Waals surface area contributed by atoms with Gasteiger partial charge >= 0.3 is 0 Å². The van der Waals surface area contributed by atoms with Gasteiger partial charge in [-0.1, -0.05) is 23.8 Å². The van der Waals surface area contributed by atoms with Gasteiger partial charge in [-0.05, 0) is 0 Å². The minimum absolute atomic E-state index is 0.0275. The van der Waals surface area contributed by atoms with Gasteiger partial charge in [-0.2, -0.15) is 0 Å². The van der Waals surface area contributed by atoms with E-state index in [1.807, 2.05) is 0 Å². The predicted octanol–water partition coefficient (Wildman–Crippen LogP) is 1.77. The van der Waals surface area contributed by atoms with E-state index < -0.39 is 0 Å². The number of hydrogen-bond donors (Lipinski definition) is 0. The standard InChI is InChI=1S/C8H12ClNO/c1-3-6-10(8(2)11)7-4-5-9/h3-5H,1,6-7H2,2H3. The largest absolute Gasteiger partial charge is 0.335 e. The van der Waals surface area contributed by atoms with Crippen LogP contribution >= 0.6 is 11.6 Å². The fourth-order valence-electron chi connectivity index (χ4n) is 0.655. The summed E-state index contributed by atoms with van der Waals surface area (Å²) in [5.41, 5.74) is 1.40. The van der Waals surface area contributed by atoms with Gasteiger partial charge in [-0.3, -0.25) is 4.79 Å². The zero-order valence-corrected chi connectivity index (χ0v) is 7.34. The van der Waals surface area contributed by atoms with Crippen molar-refractivity contribution < 1.29 is 4.79 Å². The summed E-state index contributed by atoms with van der Waals surface area (Å²) in [7, 11) is 0. The first kappa shape index (κ1) is 10.2. The Labute approximate surface area is 72.1 Å². The molecule has 0 aliphatic heterocycles. The highest BCUT2D eigenvalue weighted by molar-refractivity contribution is 6.25. The minimum Gasteiger partial charge on any atom is -0.335 e. The molecule has 0 saturated carbocycles. The molecule has 0 spiro atoms. The van der Waals surface area contributed by atoms with Crippen LogP contribution in [0.4, 0.5) is 0 Å². The van der Waals surface area contributed by atoms with Crippen LogP contribution in [0.2, 0.25) is 0 Å². The number of rotatable bonds is 4. The van der Waals surface area contributed by atoms with Crippen molar-refractivity contribution in [1.82, 2.24) is 4.90 Å². The van der Waals surface area contributed by atoms with Crippen LogP contribution in [0.3, 0.4) is 0 Å². The van der Waals surface area contributed by atoms with E-state index in [0.29, 0.717) is 13.1 Å². The molecule has 3 heteroatoms. The molecule has 0 aliphatic rings. The van der Waals surface area contributed by atoms with E-state index in [-0.39, 0.29) is 5.91 Å². The van der Waals surface area contributed by atoms with E-state index in [4.69, 9.17) is 11.6 Å². The molecule has 0 rings (SSSR count). The summed E-state index contributed by atoms with van der Waals surface area (Å²) in [6, 6.07) is 0. The van der Waals surface area contributed by atoms with Crippen LogP contribution in [-0.4, -0.2) is 23.9 Å². The van der Waals surface area contributed by atoms with Gasteiger partial charge in [-0.15, -0.1) is 6.58 Å². The van der Waals surface area contributed by atoms with Crippen molar-refractivity contribution in [3.05, 3.63) is 24.3 Å². The van der Waals surface area contributed by atoms with Gasteiger partial charge in [0.2, 0.25) is 5.91 Å². The topological polar surface area (TPSA) is 20.3 Å². The van der Waals surface area contributed by atoms with Gasteiger partial charge in [0.05, 0.1) is 0 Å². The average Bonchev–Trinajstić information content (AvgIpc) is 1.97. The highest BCUT2D eigenvalue weighted by Gasteiger charge is 2.02. The molecular weight excluding hydrogens is 162 g/mol. The molecule has 0 N–H and O–H groups in total. The van der Waals surface area contributed by atoms with Crippen molar-refractivity contribution in [3.63, 3.8) is 0 Å². The maximum absolute atomic E-state index is 10.8. The van der Waals surface area contributed by atoms with E-state index in [9.17, 15) is 4.79 Å². The molecule has 0 aromatic heterocycles. The summed E-state index contributed by atoms with van der Waals surface area (Å²) >= 11 is 5.31. The zero-order chi connectivity index (χ0) is 8.69. The molecule has 0 bridgehead atoms.